The molecule has 1 aromatic carbocycles. The number of pyridine rings is 1. The number of benzene rings is 1. The van der Waals surface area contributed by atoms with Gasteiger partial charge in [0.2, 0.25) is 0 Å². The fourth-order valence-electron chi connectivity index (χ4n) is 1.46. The highest BCUT2D eigenvalue weighted by Crippen LogP contribution is 2.34. The van der Waals surface area contributed by atoms with E-state index in [1.165, 1.54) is 0 Å². The maximum atomic E-state index is 5.23. The predicted octanol–water partition coefficient (Wildman–Crippen LogP) is 3.01. The Balaban J connectivity index is 2.75. The topological polar surface area (TPSA) is 31.4 Å². The first kappa shape index (κ1) is 10.2. The molecule has 0 bridgehead atoms. The van der Waals surface area contributed by atoms with Crippen LogP contribution in [0.15, 0.2) is 29.0 Å². The number of nitrogens with zero attached hydrogens (tertiary/aromatic N) is 1. The lowest BCUT2D eigenvalue weighted by molar-refractivity contribution is 0.356. The molecule has 0 saturated heterocycles. The third-order valence-corrected chi connectivity index (χ3v) is 2.85. The molecule has 1 aromatic heterocycles. The van der Waals surface area contributed by atoms with Gasteiger partial charge in [0.05, 0.1) is 14.2 Å². The van der Waals surface area contributed by atoms with Gasteiger partial charge in [-0.25, -0.2) is 0 Å². The fraction of sp³-hybridized carbons (Fsp3) is 0.182. The van der Waals surface area contributed by atoms with Gasteiger partial charge < -0.3 is 9.47 Å². The third-order valence-electron chi connectivity index (χ3n) is 2.21. The predicted molar refractivity (Wildman–Crippen MR) is 62.5 cm³/mol. The molecule has 78 valence electrons. The van der Waals surface area contributed by atoms with Crippen molar-refractivity contribution < 1.29 is 9.47 Å². The van der Waals surface area contributed by atoms with Crippen molar-refractivity contribution in [3.05, 3.63) is 29.0 Å². The number of ether oxygens (including phenoxy) is 2. The van der Waals surface area contributed by atoms with Crippen molar-refractivity contribution in [3.63, 3.8) is 0 Å². The van der Waals surface area contributed by atoms with Gasteiger partial charge >= 0.3 is 0 Å². The van der Waals surface area contributed by atoms with E-state index in [2.05, 4.69) is 20.9 Å². The molecular formula is C11H10BrNO2. The van der Waals surface area contributed by atoms with Crippen molar-refractivity contribution in [2.24, 2.45) is 0 Å². The highest BCUT2D eigenvalue weighted by atomic mass is 79.9. The molecule has 0 spiro atoms. The zero-order valence-corrected chi connectivity index (χ0v) is 10.0. The van der Waals surface area contributed by atoms with Crippen LogP contribution in [0.2, 0.25) is 0 Å². The average Bonchev–Trinajstić information content (AvgIpc) is 2.28. The molecule has 1 heterocycles. The van der Waals surface area contributed by atoms with Crippen LogP contribution in [0.5, 0.6) is 11.5 Å². The molecule has 0 radical (unpaired) electrons. The SMILES string of the molecule is COc1cc2cncc(Br)c2cc1OC. The zero-order valence-electron chi connectivity index (χ0n) is 8.45. The Morgan fingerprint density at radius 2 is 1.73 bits per heavy atom. The van der Waals surface area contributed by atoms with Crippen molar-refractivity contribution in [3.8, 4) is 11.5 Å². The highest BCUT2D eigenvalue weighted by molar-refractivity contribution is 9.10. The Morgan fingerprint density at radius 3 is 2.40 bits per heavy atom. The summed E-state index contributed by atoms with van der Waals surface area (Å²) in [7, 11) is 3.24. The Labute approximate surface area is 96.2 Å². The molecule has 0 N–H and O–H groups in total. The average molecular weight is 268 g/mol. The van der Waals surface area contributed by atoms with Crippen molar-refractivity contribution in [2.45, 2.75) is 0 Å². The number of halogens is 1. The van der Waals surface area contributed by atoms with Gasteiger partial charge in [-0.1, -0.05) is 0 Å². The monoisotopic (exact) mass is 267 g/mol. The van der Waals surface area contributed by atoms with Gasteiger partial charge in [0.25, 0.3) is 0 Å². The molecule has 0 unspecified atom stereocenters. The van der Waals surface area contributed by atoms with Crippen LogP contribution in [0, 0.1) is 0 Å². The Kier molecular flexibility index (Phi) is 2.77. The minimum atomic E-state index is 0.713. The first-order chi connectivity index (χ1) is 7.26. The number of aromatic nitrogens is 1. The van der Waals surface area contributed by atoms with Crippen molar-refractivity contribution >= 4 is 26.7 Å². The molecule has 2 aromatic rings. The van der Waals surface area contributed by atoms with E-state index in [1.807, 2.05) is 12.1 Å². The molecule has 0 aliphatic rings. The van der Waals surface area contributed by atoms with Crippen LogP contribution in [0.3, 0.4) is 0 Å². The van der Waals surface area contributed by atoms with Gasteiger partial charge in [-0.2, -0.15) is 0 Å². The van der Waals surface area contributed by atoms with Crippen LogP contribution in [0.1, 0.15) is 0 Å². The van der Waals surface area contributed by atoms with Crippen LogP contribution >= 0.6 is 15.9 Å². The largest absolute Gasteiger partial charge is 0.493 e. The summed E-state index contributed by atoms with van der Waals surface area (Å²) in [6.07, 6.45) is 3.55. The summed E-state index contributed by atoms with van der Waals surface area (Å²) in [5, 5.41) is 2.07. The number of hydrogen-bond donors (Lipinski definition) is 0. The standard InChI is InChI=1S/C11H10BrNO2/c1-14-10-3-7-5-13-6-9(12)8(7)4-11(10)15-2/h3-6H,1-2H3. The second-order valence-electron chi connectivity index (χ2n) is 3.05. The lowest BCUT2D eigenvalue weighted by Gasteiger charge is -2.09. The van der Waals surface area contributed by atoms with Crippen molar-refractivity contribution in [1.29, 1.82) is 0 Å². The summed E-state index contributed by atoms with van der Waals surface area (Å²) in [5.74, 6) is 1.43. The van der Waals surface area contributed by atoms with Crippen LogP contribution in [0.25, 0.3) is 10.8 Å². The van der Waals surface area contributed by atoms with E-state index >= 15 is 0 Å². The molecule has 3 nitrogen and oxygen atoms in total. The summed E-state index contributed by atoms with van der Waals surface area (Å²) in [4.78, 5) is 4.10. The van der Waals surface area contributed by atoms with E-state index in [-0.39, 0.29) is 0 Å². The van der Waals surface area contributed by atoms with Crippen LogP contribution in [-0.2, 0) is 0 Å². The van der Waals surface area contributed by atoms with Crippen LogP contribution in [0.4, 0.5) is 0 Å². The lowest BCUT2D eigenvalue weighted by atomic mass is 10.1. The van der Waals surface area contributed by atoms with Crippen LogP contribution in [-0.4, -0.2) is 19.2 Å². The van der Waals surface area contributed by atoms with Crippen LogP contribution < -0.4 is 9.47 Å². The van der Waals surface area contributed by atoms with E-state index in [1.54, 1.807) is 26.6 Å². The molecule has 0 saturated carbocycles. The first-order valence-corrected chi connectivity index (χ1v) is 5.21. The number of rotatable bonds is 2. The van der Waals surface area contributed by atoms with Crippen molar-refractivity contribution in [1.82, 2.24) is 4.98 Å². The molecule has 0 aliphatic carbocycles. The van der Waals surface area contributed by atoms with Gasteiger partial charge in [0.15, 0.2) is 11.5 Å². The van der Waals surface area contributed by atoms with Gasteiger partial charge in [0, 0.05) is 27.6 Å². The second kappa shape index (κ2) is 4.06. The van der Waals surface area contributed by atoms with Gasteiger partial charge in [-0.15, -0.1) is 0 Å². The molecule has 4 heteroatoms. The third kappa shape index (κ3) is 1.77. The summed E-state index contributed by atoms with van der Waals surface area (Å²) < 4.78 is 11.4. The Morgan fingerprint density at radius 1 is 1.07 bits per heavy atom. The molecule has 15 heavy (non-hydrogen) atoms. The van der Waals surface area contributed by atoms with E-state index in [0.717, 1.165) is 21.0 Å². The van der Waals surface area contributed by atoms with Gasteiger partial charge in [-0.3, -0.25) is 4.98 Å². The minimum Gasteiger partial charge on any atom is -0.493 e. The Bertz CT molecular complexity index is 499. The van der Waals surface area contributed by atoms with Gasteiger partial charge in [-0.05, 0) is 28.1 Å². The fourth-order valence-corrected chi connectivity index (χ4v) is 1.92. The van der Waals surface area contributed by atoms with E-state index in [9.17, 15) is 0 Å². The number of hydrogen-bond acceptors (Lipinski definition) is 3. The number of methoxy groups -OCH3 is 2. The summed E-state index contributed by atoms with van der Waals surface area (Å²) in [6, 6.07) is 3.84. The second-order valence-corrected chi connectivity index (χ2v) is 3.90. The maximum Gasteiger partial charge on any atom is 0.161 e. The molecule has 2 rings (SSSR count). The smallest absolute Gasteiger partial charge is 0.161 e. The Hall–Kier alpha value is -1.29. The maximum absolute atomic E-state index is 5.23. The lowest BCUT2D eigenvalue weighted by Crippen LogP contribution is -1.91. The summed E-state index contributed by atoms with van der Waals surface area (Å²) in [6.45, 7) is 0. The van der Waals surface area contributed by atoms with Crippen molar-refractivity contribution in [2.75, 3.05) is 14.2 Å². The molecular weight excluding hydrogens is 258 g/mol. The summed E-state index contributed by atoms with van der Waals surface area (Å²) >= 11 is 3.45. The normalized spacial score (nSPS) is 10.3. The molecule has 0 aliphatic heterocycles. The van der Waals surface area contributed by atoms with Gasteiger partial charge in [0.1, 0.15) is 0 Å². The molecule has 0 fully saturated rings. The van der Waals surface area contributed by atoms with E-state index < -0.39 is 0 Å². The quantitative estimate of drug-likeness (QED) is 0.838. The molecule has 0 amide bonds. The minimum absolute atomic E-state index is 0.713. The highest BCUT2D eigenvalue weighted by Gasteiger charge is 2.07. The summed E-state index contributed by atoms with van der Waals surface area (Å²) in [5.41, 5.74) is 0. The van der Waals surface area contributed by atoms with E-state index in [0.29, 0.717) is 5.75 Å². The zero-order chi connectivity index (χ0) is 10.8. The molecule has 0 atom stereocenters. The first-order valence-electron chi connectivity index (χ1n) is 4.41. The van der Waals surface area contributed by atoms with E-state index in [4.69, 9.17) is 9.47 Å². The number of fused-ring (bicyclic) bond motifs is 1.